The van der Waals surface area contributed by atoms with E-state index in [1.807, 2.05) is 11.8 Å². The maximum atomic E-state index is 11.7. The molecule has 3 N–H and O–H groups in total. The summed E-state index contributed by atoms with van der Waals surface area (Å²) in [7, 11) is 1.36. The molecule has 98 valence electrons. The Morgan fingerprint density at radius 2 is 2.50 bits per heavy atom. The maximum absolute atomic E-state index is 11.7. The Morgan fingerprint density at radius 1 is 1.67 bits per heavy atom. The van der Waals surface area contributed by atoms with Gasteiger partial charge in [0.05, 0.1) is 24.6 Å². The summed E-state index contributed by atoms with van der Waals surface area (Å²) in [6.45, 7) is 0. The number of ether oxygens (including phenoxy) is 1. The number of aromatic nitrogens is 1. The van der Waals surface area contributed by atoms with Gasteiger partial charge < -0.3 is 15.8 Å². The molecule has 1 unspecified atom stereocenters. The van der Waals surface area contributed by atoms with Gasteiger partial charge in [-0.25, -0.2) is 9.78 Å². The minimum Gasteiger partial charge on any atom is -0.465 e. The molecule has 0 spiro atoms. The van der Waals surface area contributed by atoms with Gasteiger partial charge in [0.15, 0.2) is 0 Å². The number of esters is 1. The fourth-order valence-corrected chi connectivity index (χ4v) is 3.01. The molecule has 1 aliphatic rings. The van der Waals surface area contributed by atoms with E-state index in [0.717, 1.165) is 12.2 Å². The molecule has 1 aromatic rings. The van der Waals surface area contributed by atoms with Gasteiger partial charge in [0.2, 0.25) is 0 Å². The van der Waals surface area contributed by atoms with Crippen molar-refractivity contribution in [1.82, 2.24) is 4.98 Å². The first kappa shape index (κ1) is 13.0. The van der Waals surface area contributed by atoms with Crippen molar-refractivity contribution in [3.05, 3.63) is 17.8 Å². The van der Waals surface area contributed by atoms with Crippen LogP contribution in [-0.4, -0.2) is 35.6 Å². The number of nitrogens with one attached hydrogen (secondary N) is 1. The van der Waals surface area contributed by atoms with Crippen LogP contribution >= 0.6 is 11.8 Å². The quantitative estimate of drug-likeness (QED) is 0.813. The number of hydrogen-bond donors (Lipinski definition) is 2. The van der Waals surface area contributed by atoms with Gasteiger partial charge >= 0.3 is 5.97 Å². The number of nitrogens with two attached hydrogens (primary N) is 1. The van der Waals surface area contributed by atoms with Gasteiger partial charge in [-0.2, -0.15) is 11.8 Å². The van der Waals surface area contributed by atoms with Crippen molar-refractivity contribution in [2.24, 2.45) is 0 Å². The SMILES string of the molecule is COC(=O)c1cc(N)ncc1NC1CCCSC1. The normalized spacial score (nSPS) is 19.3. The van der Waals surface area contributed by atoms with Gasteiger partial charge in [-0.15, -0.1) is 0 Å². The summed E-state index contributed by atoms with van der Waals surface area (Å²) < 4.78 is 4.75. The summed E-state index contributed by atoms with van der Waals surface area (Å²) in [6.07, 6.45) is 3.90. The van der Waals surface area contributed by atoms with Crippen molar-refractivity contribution < 1.29 is 9.53 Å². The highest BCUT2D eigenvalue weighted by atomic mass is 32.2. The molecular formula is C12H17N3O2S. The second-order valence-electron chi connectivity index (χ2n) is 4.20. The van der Waals surface area contributed by atoms with E-state index in [4.69, 9.17) is 10.5 Å². The molecule has 0 saturated carbocycles. The molecule has 2 rings (SSSR count). The van der Waals surface area contributed by atoms with Crippen LogP contribution < -0.4 is 11.1 Å². The zero-order chi connectivity index (χ0) is 13.0. The summed E-state index contributed by atoms with van der Waals surface area (Å²) in [5.41, 5.74) is 6.75. The van der Waals surface area contributed by atoms with Crippen molar-refractivity contribution in [3.63, 3.8) is 0 Å². The summed E-state index contributed by atoms with van der Waals surface area (Å²) in [5.74, 6) is 2.18. The Morgan fingerprint density at radius 3 is 3.17 bits per heavy atom. The van der Waals surface area contributed by atoms with Crippen molar-refractivity contribution in [2.75, 3.05) is 29.7 Å². The number of pyridine rings is 1. The third-order valence-electron chi connectivity index (χ3n) is 2.85. The summed E-state index contributed by atoms with van der Waals surface area (Å²) in [6, 6.07) is 1.92. The highest BCUT2D eigenvalue weighted by molar-refractivity contribution is 7.99. The van der Waals surface area contributed by atoms with E-state index in [0.29, 0.717) is 23.1 Å². The van der Waals surface area contributed by atoms with Crippen molar-refractivity contribution >= 4 is 29.2 Å². The Hall–Kier alpha value is -1.43. The van der Waals surface area contributed by atoms with Crippen molar-refractivity contribution in [2.45, 2.75) is 18.9 Å². The van der Waals surface area contributed by atoms with Gasteiger partial charge in [0.25, 0.3) is 0 Å². The minimum absolute atomic E-state index is 0.318. The number of hydrogen-bond acceptors (Lipinski definition) is 6. The number of methoxy groups -OCH3 is 1. The Labute approximate surface area is 110 Å². The van der Waals surface area contributed by atoms with E-state index >= 15 is 0 Å². The predicted octanol–water partition coefficient (Wildman–Crippen LogP) is 1.76. The van der Waals surface area contributed by atoms with Crippen molar-refractivity contribution in [1.29, 1.82) is 0 Å². The Bertz CT molecular complexity index is 433. The molecule has 5 nitrogen and oxygen atoms in total. The molecule has 1 aliphatic heterocycles. The average Bonchev–Trinajstić information content (AvgIpc) is 2.41. The molecule has 1 aromatic heterocycles. The third-order valence-corrected chi connectivity index (χ3v) is 4.07. The maximum Gasteiger partial charge on any atom is 0.340 e. The molecule has 1 saturated heterocycles. The molecule has 2 heterocycles. The molecule has 6 heteroatoms. The number of anilines is 2. The Kier molecular flexibility index (Phi) is 4.30. The summed E-state index contributed by atoms with van der Waals surface area (Å²) >= 11 is 1.92. The van der Waals surface area contributed by atoms with Crippen LogP contribution in [0.1, 0.15) is 23.2 Å². The van der Waals surface area contributed by atoms with Gasteiger partial charge in [-0.05, 0) is 24.7 Å². The minimum atomic E-state index is -0.393. The molecule has 0 bridgehead atoms. The standard InChI is InChI=1S/C12H17N3O2S/c1-17-12(16)9-5-11(13)14-6-10(9)15-8-3-2-4-18-7-8/h5-6,8,15H,2-4,7H2,1H3,(H2,13,14). The molecule has 18 heavy (non-hydrogen) atoms. The van der Waals surface area contributed by atoms with E-state index < -0.39 is 5.97 Å². The first-order valence-corrected chi connectivity index (χ1v) is 7.04. The number of nitrogens with zero attached hydrogens (tertiary/aromatic N) is 1. The summed E-state index contributed by atoms with van der Waals surface area (Å²) in [5, 5.41) is 3.35. The van der Waals surface area contributed by atoms with Gasteiger partial charge in [0, 0.05) is 11.8 Å². The first-order valence-electron chi connectivity index (χ1n) is 5.89. The van der Waals surface area contributed by atoms with Crippen LogP contribution in [0.2, 0.25) is 0 Å². The first-order chi connectivity index (χ1) is 8.70. The lowest BCUT2D eigenvalue weighted by Gasteiger charge is -2.24. The van der Waals surface area contributed by atoms with E-state index in [2.05, 4.69) is 10.3 Å². The lowest BCUT2D eigenvalue weighted by Crippen LogP contribution is -2.27. The van der Waals surface area contributed by atoms with Crippen molar-refractivity contribution in [3.8, 4) is 0 Å². The van der Waals surface area contributed by atoms with E-state index in [1.165, 1.54) is 19.3 Å². The third kappa shape index (κ3) is 3.07. The smallest absolute Gasteiger partial charge is 0.340 e. The number of rotatable bonds is 3. The van der Waals surface area contributed by atoms with Crippen LogP contribution in [0.3, 0.4) is 0 Å². The van der Waals surface area contributed by atoms with Crippen LogP contribution in [0.5, 0.6) is 0 Å². The van der Waals surface area contributed by atoms with Gasteiger partial charge in [-0.1, -0.05) is 0 Å². The van der Waals surface area contributed by atoms with E-state index in [9.17, 15) is 4.79 Å². The number of nitrogen functional groups attached to an aromatic ring is 1. The lowest BCUT2D eigenvalue weighted by atomic mass is 10.1. The van der Waals surface area contributed by atoms with Crippen LogP contribution in [0.4, 0.5) is 11.5 Å². The number of thioether (sulfide) groups is 1. The van der Waals surface area contributed by atoms with Gasteiger partial charge in [0.1, 0.15) is 5.82 Å². The second kappa shape index (κ2) is 5.95. The fraction of sp³-hybridized carbons (Fsp3) is 0.500. The van der Waals surface area contributed by atoms with E-state index in [1.54, 1.807) is 12.3 Å². The highest BCUT2D eigenvalue weighted by Crippen LogP contribution is 2.24. The molecule has 1 atom stereocenters. The topological polar surface area (TPSA) is 77.2 Å². The van der Waals surface area contributed by atoms with Gasteiger partial charge in [-0.3, -0.25) is 0 Å². The molecule has 0 amide bonds. The predicted molar refractivity (Wildman–Crippen MR) is 74.0 cm³/mol. The highest BCUT2D eigenvalue weighted by Gasteiger charge is 2.18. The zero-order valence-electron chi connectivity index (χ0n) is 10.3. The molecule has 0 radical (unpaired) electrons. The lowest BCUT2D eigenvalue weighted by molar-refractivity contribution is 0.0601. The molecule has 1 fully saturated rings. The fourth-order valence-electron chi connectivity index (χ4n) is 1.94. The zero-order valence-corrected chi connectivity index (χ0v) is 11.1. The Balaban J connectivity index is 2.17. The largest absolute Gasteiger partial charge is 0.465 e. The molecule has 0 aromatic carbocycles. The number of carbonyl (C=O) groups is 1. The van der Waals surface area contributed by atoms with Crippen LogP contribution in [0.25, 0.3) is 0 Å². The molecule has 0 aliphatic carbocycles. The number of carbonyl (C=O) groups excluding carboxylic acids is 1. The molecular weight excluding hydrogens is 250 g/mol. The monoisotopic (exact) mass is 267 g/mol. The van der Waals surface area contributed by atoms with E-state index in [-0.39, 0.29) is 0 Å². The summed E-state index contributed by atoms with van der Waals surface area (Å²) in [4.78, 5) is 15.7. The van der Waals surface area contributed by atoms with Crippen LogP contribution in [0, 0.1) is 0 Å². The second-order valence-corrected chi connectivity index (χ2v) is 5.35. The van der Waals surface area contributed by atoms with Crippen LogP contribution in [0.15, 0.2) is 12.3 Å². The average molecular weight is 267 g/mol. The van der Waals surface area contributed by atoms with Crippen LogP contribution in [-0.2, 0) is 4.74 Å².